The number of aliphatic hydroxyl groups excluding tert-OH is 1. The number of aliphatic hydroxyl groups is 1. The van der Waals surface area contributed by atoms with Gasteiger partial charge in [-0.1, -0.05) is 6.92 Å². The molecule has 1 unspecified atom stereocenters. The first-order valence-electron chi connectivity index (χ1n) is 5.55. The van der Waals surface area contributed by atoms with E-state index in [1.807, 2.05) is 0 Å². The predicted octanol–water partition coefficient (Wildman–Crippen LogP) is 2.44. The summed E-state index contributed by atoms with van der Waals surface area (Å²) in [5.41, 5.74) is 0.904. The summed E-state index contributed by atoms with van der Waals surface area (Å²) >= 11 is 1.69. The Balaban J connectivity index is 2.01. The number of fused-ring (bicyclic) bond motifs is 1. The zero-order valence-corrected chi connectivity index (χ0v) is 9.85. The highest BCUT2D eigenvalue weighted by molar-refractivity contribution is 7.11. The molecule has 1 aromatic rings. The lowest BCUT2D eigenvalue weighted by Gasteiger charge is -2.14. The minimum atomic E-state index is -0.343. The van der Waals surface area contributed by atoms with Crippen molar-refractivity contribution < 1.29 is 9.84 Å². The summed E-state index contributed by atoms with van der Waals surface area (Å²) in [6.07, 6.45) is 3.69. The van der Waals surface area contributed by atoms with Crippen LogP contribution in [-0.2, 0) is 17.8 Å². The molecule has 0 aliphatic heterocycles. The minimum Gasteiger partial charge on any atom is -0.387 e. The Morgan fingerprint density at radius 1 is 1.60 bits per heavy atom. The van der Waals surface area contributed by atoms with Crippen molar-refractivity contribution in [3.8, 4) is 0 Å². The van der Waals surface area contributed by atoms with E-state index in [4.69, 9.17) is 4.74 Å². The van der Waals surface area contributed by atoms with Crippen LogP contribution in [0.3, 0.4) is 0 Å². The number of nitrogens with zero attached hydrogens (tertiary/aromatic N) is 1. The molecule has 0 amide bonds. The largest absolute Gasteiger partial charge is 0.387 e. The molecule has 0 bridgehead atoms. The zero-order valence-electron chi connectivity index (χ0n) is 9.03. The number of ether oxygens (including phenoxy) is 1. The zero-order chi connectivity index (χ0) is 10.7. The van der Waals surface area contributed by atoms with E-state index in [1.54, 1.807) is 11.3 Å². The topological polar surface area (TPSA) is 42.4 Å². The molecule has 1 aliphatic rings. The molecule has 0 saturated carbocycles. The second-order valence-corrected chi connectivity index (χ2v) is 5.04. The molecule has 0 aromatic carbocycles. The lowest BCUT2D eigenvalue weighted by molar-refractivity contribution is 0.120. The molecule has 0 radical (unpaired) electrons. The van der Waals surface area contributed by atoms with Gasteiger partial charge in [0.2, 0.25) is 0 Å². The molecule has 1 aromatic heterocycles. The molecule has 0 fully saturated rings. The lowest BCUT2D eigenvalue weighted by Crippen LogP contribution is -2.07. The highest BCUT2D eigenvalue weighted by atomic mass is 32.1. The summed E-state index contributed by atoms with van der Waals surface area (Å²) in [5.74, 6) is 0. The average molecular weight is 227 g/mol. The number of thiazole rings is 1. The van der Waals surface area contributed by atoms with E-state index in [9.17, 15) is 5.11 Å². The monoisotopic (exact) mass is 227 g/mol. The summed E-state index contributed by atoms with van der Waals surface area (Å²) in [6, 6.07) is 0. The molecule has 2 rings (SSSR count). The Morgan fingerprint density at radius 2 is 2.47 bits per heavy atom. The van der Waals surface area contributed by atoms with E-state index in [0.29, 0.717) is 6.61 Å². The van der Waals surface area contributed by atoms with Crippen LogP contribution in [0.25, 0.3) is 0 Å². The van der Waals surface area contributed by atoms with Crippen LogP contribution in [0.1, 0.15) is 47.9 Å². The van der Waals surface area contributed by atoms with E-state index in [1.165, 1.54) is 4.88 Å². The summed E-state index contributed by atoms with van der Waals surface area (Å²) in [7, 11) is 0. The van der Waals surface area contributed by atoms with Crippen molar-refractivity contribution in [2.45, 2.75) is 45.3 Å². The fourth-order valence-corrected chi connectivity index (χ4v) is 2.92. The van der Waals surface area contributed by atoms with Gasteiger partial charge in [-0.3, -0.25) is 0 Å². The van der Waals surface area contributed by atoms with Crippen molar-refractivity contribution >= 4 is 11.3 Å². The summed E-state index contributed by atoms with van der Waals surface area (Å²) in [6.45, 7) is 3.47. The van der Waals surface area contributed by atoms with Crippen LogP contribution in [0, 0.1) is 0 Å². The van der Waals surface area contributed by atoms with Crippen molar-refractivity contribution in [3.63, 3.8) is 0 Å². The Kier molecular flexibility index (Phi) is 3.72. The smallest absolute Gasteiger partial charge is 0.119 e. The number of aromatic nitrogens is 1. The fourth-order valence-electron chi connectivity index (χ4n) is 1.81. The highest BCUT2D eigenvalue weighted by Crippen LogP contribution is 2.33. The van der Waals surface area contributed by atoms with Crippen LogP contribution in [-0.4, -0.2) is 16.7 Å². The molecular formula is C11H17NO2S. The van der Waals surface area contributed by atoms with E-state index < -0.39 is 0 Å². The minimum absolute atomic E-state index is 0.343. The second kappa shape index (κ2) is 5.05. The van der Waals surface area contributed by atoms with Gasteiger partial charge in [0.25, 0.3) is 0 Å². The number of hydrogen-bond acceptors (Lipinski definition) is 4. The molecule has 1 atom stereocenters. The van der Waals surface area contributed by atoms with Crippen LogP contribution >= 0.6 is 11.3 Å². The van der Waals surface area contributed by atoms with E-state index in [2.05, 4.69) is 11.9 Å². The third-order valence-electron chi connectivity index (χ3n) is 2.54. The van der Waals surface area contributed by atoms with Crippen molar-refractivity contribution in [1.29, 1.82) is 0 Å². The summed E-state index contributed by atoms with van der Waals surface area (Å²) in [5, 5.41) is 10.8. The summed E-state index contributed by atoms with van der Waals surface area (Å²) < 4.78 is 5.45. The first-order valence-corrected chi connectivity index (χ1v) is 6.37. The van der Waals surface area contributed by atoms with Crippen molar-refractivity contribution in [3.05, 3.63) is 15.6 Å². The molecule has 3 nitrogen and oxygen atoms in total. The Bertz CT molecular complexity index is 324. The van der Waals surface area contributed by atoms with E-state index in [0.717, 1.165) is 43.0 Å². The normalized spacial score (nSPS) is 20.3. The second-order valence-electron chi connectivity index (χ2n) is 3.88. The SMILES string of the molecule is CCCOCc1nc2c(s1)CCCC2O. The standard InChI is InChI=1S/C11H17NO2S/c1-2-6-14-7-10-12-11-8(13)4-3-5-9(11)15-10/h8,13H,2-7H2,1H3. The fraction of sp³-hybridized carbons (Fsp3) is 0.727. The van der Waals surface area contributed by atoms with Crippen LogP contribution in [0.15, 0.2) is 0 Å². The molecule has 1 N–H and O–H groups in total. The third-order valence-corrected chi connectivity index (χ3v) is 3.65. The van der Waals surface area contributed by atoms with Crippen LogP contribution in [0.2, 0.25) is 0 Å². The van der Waals surface area contributed by atoms with Gasteiger partial charge in [0, 0.05) is 11.5 Å². The van der Waals surface area contributed by atoms with Gasteiger partial charge in [0.05, 0.1) is 18.4 Å². The molecule has 0 spiro atoms. The van der Waals surface area contributed by atoms with Crippen LogP contribution < -0.4 is 0 Å². The van der Waals surface area contributed by atoms with Gasteiger partial charge in [-0.05, 0) is 25.7 Å². The van der Waals surface area contributed by atoms with Gasteiger partial charge in [-0.15, -0.1) is 11.3 Å². The van der Waals surface area contributed by atoms with E-state index >= 15 is 0 Å². The number of hydrogen-bond donors (Lipinski definition) is 1. The Morgan fingerprint density at radius 3 is 3.20 bits per heavy atom. The van der Waals surface area contributed by atoms with Gasteiger partial charge in [0.15, 0.2) is 0 Å². The third kappa shape index (κ3) is 2.56. The molecule has 1 heterocycles. The molecule has 15 heavy (non-hydrogen) atoms. The quantitative estimate of drug-likeness (QED) is 0.803. The Hall–Kier alpha value is -0.450. The van der Waals surface area contributed by atoms with Crippen molar-refractivity contribution in [2.24, 2.45) is 0 Å². The number of aryl methyl sites for hydroxylation is 1. The molecule has 1 aliphatic carbocycles. The Labute approximate surface area is 94.1 Å². The van der Waals surface area contributed by atoms with Crippen molar-refractivity contribution in [1.82, 2.24) is 4.98 Å². The van der Waals surface area contributed by atoms with Crippen LogP contribution in [0.5, 0.6) is 0 Å². The average Bonchev–Trinajstić information content (AvgIpc) is 2.63. The van der Waals surface area contributed by atoms with Gasteiger partial charge in [0.1, 0.15) is 5.01 Å². The first kappa shape index (κ1) is 11.0. The maximum atomic E-state index is 9.75. The first-order chi connectivity index (χ1) is 7.31. The van der Waals surface area contributed by atoms with Crippen LogP contribution in [0.4, 0.5) is 0 Å². The van der Waals surface area contributed by atoms with Gasteiger partial charge >= 0.3 is 0 Å². The maximum Gasteiger partial charge on any atom is 0.119 e. The van der Waals surface area contributed by atoms with Gasteiger partial charge in [-0.25, -0.2) is 4.98 Å². The van der Waals surface area contributed by atoms with Gasteiger partial charge < -0.3 is 9.84 Å². The maximum absolute atomic E-state index is 9.75. The summed E-state index contributed by atoms with van der Waals surface area (Å²) in [4.78, 5) is 5.70. The van der Waals surface area contributed by atoms with E-state index in [-0.39, 0.29) is 6.10 Å². The molecular weight excluding hydrogens is 210 g/mol. The van der Waals surface area contributed by atoms with Gasteiger partial charge in [-0.2, -0.15) is 0 Å². The molecule has 0 saturated heterocycles. The number of rotatable bonds is 4. The highest BCUT2D eigenvalue weighted by Gasteiger charge is 2.22. The molecule has 4 heteroatoms. The predicted molar refractivity (Wildman–Crippen MR) is 60.0 cm³/mol. The lowest BCUT2D eigenvalue weighted by atomic mass is 10.0. The molecule has 84 valence electrons. The van der Waals surface area contributed by atoms with Crippen molar-refractivity contribution in [2.75, 3.05) is 6.61 Å².